The van der Waals surface area contributed by atoms with E-state index in [2.05, 4.69) is 17.9 Å². The molecule has 4 heteroatoms. The summed E-state index contributed by atoms with van der Waals surface area (Å²) in [6.07, 6.45) is 0. The van der Waals surface area contributed by atoms with E-state index in [-0.39, 0.29) is 18.6 Å². The molecule has 2 N–H and O–H groups in total. The summed E-state index contributed by atoms with van der Waals surface area (Å²) in [6, 6.07) is 6.80. The summed E-state index contributed by atoms with van der Waals surface area (Å²) in [5, 5.41) is 11.4. The van der Waals surface area contributed by atoms with E-state index in [1.54, 1.807) is 25.1 Å². The lowest BCUT2D eigenvalue weighted by Crippen LogP contribution is -2.35. The Labute approximate surface area is 88.6 Å². The summed E-state index contributed by atoms with van der Waals surface area (Å²) >= 11 is 4.17. The first-order chi connectivity index (χ1) is 6.65. The third kappa shape index (κ3) is 2.75. The average Bonchev–Trinajstić information content (AvgIpc) is 2.18. The lowest BCUT2D eigenvalue weighted by Gasteiger charge is -2.11. The Balaban J connectivity index is 2.75. The number of benzene rings is 1. The molecule has 0 aliphatic heterocycles. The highest BCUT2D eigenvalue weighted by atomic mass is 32.1. The summed E-state index contributed by atoms with van der Waals surface area (Å²) in [6.45, 7) is 1.67. The number of amides is 1. The van der Waals surface area contributed by atoms with Gasteiger partial charge in [-0.1, -0.05) is 12.1 Å². The van der Waals surface area contributed by atoms with Gasteiger partial charge in [0.15, 0.2) is 0 Å². The molecule has 0 saturated carbocycles. The molecule has 0 bridgehead atoms. The van der Waals surface area contributed by atoms with Crippen molar-refractivity contribution in [2.45, 2.75) is 17.9 Å². The predicted octanol–water partition coefficient (Wildman–Crippen LogP) is 1.09. The molecule has 0 aromatic heterocycles. The number of hydrogen-bond donors (Lipinski definition) is 3. The molecule has 1 aromatic rings. The molecule has 0 aliphatic carbocycles. The third-order valence-electron chi connectivity index (χ3n) is 1.80. The molecular formula is C10H13NO2S. The van der Waals surface area contributed by atoms with Gasteiger partial charge >= 0.3 is 0 Å². The number of nitrogens with one attached hydrogen (secondary N) is 1. The minimum absolute atomic E-state index is 0.0690. The van der Waals surface area contributed by atoms with E-state index in [0.717, 1.165) is 0 Å². The van der Waals surface area contributed by atoms with Crippen molar-refractivity contribution in [1.82, 2.24) is 5.32 Å². The molecule has 0 spiro atoms. The molecule has 0 fully saturated rings. The van der Waals surface area contributed by atoms with Crippen molar-refractivity contribution >= 4 is 18.5 Å². The first kappa shape index (κ1) is 11.1. The quantitative estimate of drug-likeness (QED) is 0.655. The summed E-state index contributed by atoms with van der Waals surface area (Å²) in [5.41, 5.74) is 0.524. The van der Waals surface area contributed by atoms with Crippen molar-refractivity contribution in [1.29, 1.82) is 0 Å². The topological polar surface area (TPSA) is 49.3 Å². The fourth-order valence-corrected chi connectivity index (χ4v) is 1.27. The van der Waals surface area contributed by atoms with Gasteiger partial charge in [-0.2, -0.15) is 0 Å². The summed E-state index contributed by atoms with van der Waals surface area (Å²) in [4.78, 5) is 12.2. The maximum Gasteiger partial charge on any atom is 0.252 e. The molecule has 1 rings (SSSR count). The monoisotopic (exact) mass is 211 g/mol. The number of carbonyl (C=O) groups excluding carboxylic acids is 1. The largest absolute Gasteiger partial charge is 0.394 e. The Morgan fingerprint density at radius 1 is 1.57 bits per heavy atom. The normalized spacial score (nSPS) is 12.2. The number of rotatable bonds is 3. The molecule has 0 saturated heterocycles. The van der Waals surface area contributed by atoms with Crippen LogP contribution in [-0.2, 0) is 0 Å². The lowest BCUT2D eigenvalue weighted by atomic mass is 10.2. The van der Waals surface area contributed by atoms with Crippen molar-refractivity contribution in [2.75, 3.05) is 6.61 Å². The van der Waals surface area contributed by atoms with Crippen LogP contribution in [0.25, 0.3) is 0 Å². The molecule has 1 aromatic carbocycles. The van der Waals surface area contributed by atoms with E-state index in [1.165, 1.54) is 0 Å². The van der Waals surface area contributed by atoms with Crippen molar-refractivity contribution in [3.05, 3.63) is 29.8 Å². The van der Waals surface area contributed by atoms with Gasteiger partial charge in [0.2, 0.25) is 0 Å². The zero-order chi connectivity index (χ0) is 10.6. The molecule has 0 radical (unpaired) electrons. The zero-order valence-corrected chi connectivity index (χ0v) is 8.79. The van der Waals surface area contributed by atoms with Crippen LogP contribution < -0.4 is 5.32 Å². The first-order valence-electron chi connectivity index (χ1n) is 4.35. The standard InChI is InChI=1S/C10H13NO2S/c1-7(6-12)11-10(13)8-4-2-3-5-9(8)14/h2-5,7,12,14H,6H2,1H3,(H,11,13). The van der Waals surface area contributed by atoms with E-state index >= 15 is 0 Å². The van der Waals surface area contributed by atoms with E-state index < -0.39 is 0 Å². The molecule has 0 heterocycles. The highest BCUT2D eigenvalue weighted by Crippen LogP contribution is 2.12. The Morgan fingerprint density at radius 2 is 2.21 bits per heavy atom. The molecule has 1 atom stereocenters. The molecule has 14 heavy (non-hydrogen) atoms. The summed E-state index contributed by atoms with van der Waals surface area (Å²) < 4.78 is 0. The van der Waals surface area contributed by atoms with Crippen molar-refractivity contribution < 1.29 is 9.90 Å². The van der Waals surface area contributed by atoms with Crippen LogP contribution in [0.4, 0.5) is 0 Å². The van der Waals surface area contributed by atoms with E-state index in [0.29, 0.717) is 10.5 Å². The van der Waals surface area contributed by atoms with Crippen molar-refractivity contribution in [3.8, 4) is 0 Å². The number of hydrogen-bond acceptors (Lipinski definition) is 3. The number of thiol groups is 1. The van der Waals surface area contributed by atoms with Gasteiger partial charge in [0.05, 0.1) is 12.2 Å². The van der Waals surface area contributed by atoms with E-state index in [4.69, 9.17) is 5.11 Å². The van der Waals surface area contributed by atoms with Crippen molar-refractivity contribution in [2.24, 2.45) is 0 Å². The van der Waals surface area contributed by atoms with Crippen LogP contribution in [0.1, 0.15) is 17.3 Å². The van der Waals surface area contributed by atoms with Gasteiger partial charge in [0.1, 0.15) is 0 Å². The Morgan fingerprint density at radius 3 is 2.79 bits per heavy atom. The third-order valence-corrected chi connectivity index (χ3v) is 2.19. The van der Waals surface area contributed by atoms with E-state index in [1.807, 2.05) is 6.07 Å². The van der Waals surface area contributed by atoms with E-state index in [9.17, 15) is 4.79 Å². The molecule has 0 aliphatic rings. The SMILES string of the molecule is CC(CO)NC(=O)c1ccccc1S. The second-order valence-electron chi connectivity index (χ2n) is 3.07. The Kier molecular flexibility index (Phi) is 3.98. The molecule has 3 nitrogen and oxygen atoms in total. The average molecular weight is 211 g/mol. The number of aliphatic hydroxyl groups excluding tert-OH is 1. The van der Waals surface area contributed by atoms with Crippen LogP contribution in [-0.4, -0.2) is 23.7 Å². The minimum Gasteiger partial charge on any atom is -0.394 e. The maximum atomic E-state index is 11.6. The fraction of sp³-hybridized carbons (Fsp3) is 0.300. The van der Waals surface area contributed by atoms with Gasteiger partial charge in [-0.05, 0) is 19.1 Å². The van der Waals surface area contributed by atoms with Crippen LogP contribution in [0, 0.1) is 0 Å². The van der Waals surface area contributed by atoms with Crippen molar-refractivity contribution in [3.63, 3.8) is 0 Å². The fourth-order valence-electron chi connectivity index (χ4n) is 1.01. The van der Waals surface area contributed by atoms with Crippen LogP contribution in [0.5, 0.6) is 0 Å². The van der Waals surface area contributed by atoms with Gasteiger partial charge in [-0.25, -0.2) is 0 Å². The Bertz CT molecular complexity index is 328. The van der Waals surface area contributed by atoms with Gasteiger partial charge < -0.3 is 10.4 Å². The second-order valence-corrected chi connectivity index (χ2v) is 3.56. The predicted molar refractivity (Wildman–Crippen MR) is 57.7 cm³/mol. The smallest absolute Gasteiger partial charge is 0.252 e. The first-order valence-corrected chi connectivity index (χ1v) is 4.79. The van der Waals surface area contributed by atoms with Gasteiger partial charge in [0.25, 0.3) is 5.91 Å². The second kappa shape index (κ2) is 5.02. The summed E-state index contributed by atoms with van der Waals surface area (Å²) in [5.74, 6) is -0.211. The van der Waals surface area contributed by atoms with Gasteiger partial charge in [-0.3, -0.25) is 4.79 Å². The maximum absolute atomic E-state index is 11.6. The highest BCUT2D eigenvalue weighted by molar-refractivity contribution is 7.80. The molecule has 1 amide bonds. The number of carbonyl (C=O) groups is 1. The number of aliphatic hydroxyl groups is 1. The zero-order valence-electron chi connectivity index (χ0n) is 7.90. The summed E-state index contributed by atoms with van der Waals surface area (Å²) in [7, 11) is 0. The minimum atomic E-state index is -0.240. The lowest BCUT2D eigenvalue weighted by molar-refractivity contribution is 0.0919. The molecule has 76 valence electrons. The van der Waals surface area contributed by atoms with Crippen LogP contribution in [0.2, 0.25) is 0 Å². The molecule has 1 unspecified atom stereocenters. The van der Waals surface area contributed by atoms with Crippen LogP contribution in [0.15, 0.2) is 29.2 Å². The van der Waals surface area contributed by atoms with Gasteiger partial charge in [-0.15, -0.1) is 12.6 Å². The Hall–Kier alpha value is -1.00. The van der Waals surface area contributed by atoms with Gasteiger partial charge in [0, 0.05) is 10.9 Å². The van der Waals surface area contributed by atoms with Crippen LogP contribution in [0.3, 0.4) is 0 Å². The highest BCUT2D eigenvalue weighted by Gasteiger charge is 2.10. The van der Waals surface area contributed by atoms with Crippen LogP contribution >= 0.6 is 12.6 Å². The molecular weight excluding hydrogens is 198 g/mol.